The molecule has 0 aliphatic carbocycles. The lowest BCUT2D eigenvalue weighted by molar-refractivity contribution is -0.141. The molecule has 5 heterocycles. The Labute approximate surface area is 285 Å². The van der Waals surface area contributed by atoms with Gasteiger partial charge in [0.05, 0.1) is 18.0 Å². The first-order chi connectivity index (χ1) is 24.1. The number of H-pyrrole nitrogens is 1. The molecule has 7 rings (SSSR count). The van der Waals surface area contributed by atoms with Gasteiger partial charge in [0.1, 0.15) is 11.4 Å². The largest absolute Gasteiger partial charge is 0.433 e. The zero-order valence-electron chi connectivity index (χ0n) is 27.6. The molecule has 2 amide bonds. The molecule has 50 heavy (non-hydrogen) atoms. The monoisotopic (exact) mass is 684 g/mol. The molecule has 1 saturated heterocycles. The SMILES string of the molecule is CCN(C(=O)C1CCN(CC(=O)N2CC=C(c3ccc(-c4nc(C)no4)cc3)CC2)C1)c1ccc2[nH]nc(-c3ccnc(C(F)(F)F)c3)c2c1. The molecule has 11 nitrogen and oxygen atoms in total. The van der Waals surface area contributed by atoms with Crippen molar-refractivity contribution in [2.75, 3.05) is 44.2 Å². The topological polar surface area (TPSA) is 124 Å². The standard InChI is InChI=1S/C36H35F3N8O3/c1-3-47(28-8-9-30-29(19-28)33(43-42-30)26-10-14-40-31(18-26)36(37,38)39)35(49)27-11-15-45(20-27)21-32(48)46-16-12-24(13-17-46)23-4-6-25(7-5-23)34-41-22(2)44-50-34/h4-10,12,14,18-19,27H,3,11,13,15-17,20-21H2,1-2H3,(H,42,43). The molecule has 2 aliphatic rings. The van der Waals surface area contributed by atoms with Gasteiger partial charge < -0.3 is 14.3 Å². The number of aromatic nitrogens is 5. The molecule has 0 spiro atoms. The van der Waals surface area contributed by atoms with Crippen molar-refractivity contribution in [1.29, 1.82) is 0 Å². The van der Waals surface area contributed by atoms with E-state index in [2.05, 4.69) is 31.4 Å². The van der Waals surface area contributed by atoms with Crippen LogP contribution < -0.4 is 4.90 Å². The summed E-state index contributed by atoms with van der Waals surface area (Å²) < 4.78 is 45.2. The van der Waals surface area contributed by atoms with Gasteiger partial charge in [0.2, 0.25) is 11.8 Å². The summed E-state index contributed by atoms with van der Waals surface area (Å²) in [6.07, 6.45) is -0.0129. The number of likely N-dealkylation sites (tertiary alicyclic amines) is 1. The number of rotatable bonds is 8. The van der Waals surface area contributed by atoms with E-state index in [9.17, 15) is 22.8 Å². The summed E-state index contributed by atoms with van der Waals surface area (Å²) in [5.41, 5.74) is 4.00. The van der Waals surface area contributed by atoms with E-state index < -0.39 is 11.9 Å². The van der Waals surface area contributed by atoms with Crippen LogP contribution in [0.25, 0.3) is 39.2 Å². The van der Waals surface area contributed by atoms with Gasteiger partial charge in [0, 0.05) is 54.6 Å². The smallest absolute Gasteiger partial charge is 0.338 e. The number of carbonyl (C=O) groups is 2. The number of hydrogen-bond acceptors (Lipinski definition) is 8. The van der Waals surface area contributed by atoms with Crippen molar-refractivity contribution in [2.24, 2.45) is 5.92 Å². The number of alkyl halides is 3. The van der Waals surface area contributed by atoms with Crippen LogP contribution in [0.15, 0.2) is 71.4 Å². The zero-order valence-corrected chi connectivity index (χ0v) is 27.6. The zero-order chi connectivity index (χ0) is 35.0. The number of benzene rings is 2. The molecule has 2 aromatic carbocycles. The maximum Gasteiger partial charge on any atom is 0.433 e. The molecule has 1 N–H and O–H groups in total. The second kappa shape index (κ2) is 13.5. The second-order valence-electron chi connectivity index (χ2n) is 12.6. The number of amides is 2. The quantitative estimate of drug-likeness (QED) is 0.211. The van der Waals surface area contributed by atoms with Crippen LogP contribution in [-0.4, -0.2) is 86.2 Å². The normalized spacial score (nSPS) is 16.9. The van der Waals surface area contributed by atoms with Gasteiger partial charge in [-0.2, -0.15) is 23.3 Å². The highest BCUT2D eigenvalue weighted by Crippen LogP contribution is 2.34. The van der Waals surface area contributed by atoms with E-state index in [1.54, 1.807) is 30.0 Å². The molecule has 14 heteroatoms. The van der Waals surface area contributed by atoms with Crippen LogP contribution >= 0.6 is 0 Å². The van der Waals surface area contributed by atoms with Gasteiger partial charge in [-0.05, 0) is 86.8 Å². The van der Waals surface area contributed by atoms with Gasteiger partial charge >= 0.3 is 6.18 Å². The number of nitrogens with one attached hydrogen (secondary N) is 1. The Bertz CT molecular complexity index is 2070. The number of hydrogen-bond donors (Lipinski definition) is 1. The third-order valence-corrected chi connectivity index (χ3v) is 9.34. The predicted octanol–water partition coefficient (Wildman–Crippen LogP) is 5.99. The molecule has 258 valence electrons. The summed E-state index contributed by atoms with van der Waals surface area (Å²) in [6, 6.07) is 15.8. The highest BCUT2D eigenvalue weighted by molar-refractivity contribution is 6.00. The number of nitrogens with zero attached hydrogens (tertiary/aromatic N) is 7. The van der Waals surface area contributed by atoms with Crippen molar-refractivity contribution >= 4 is 34.0 Å². The lowest BCUT2D eigenvalue weighted by Crippen LogP contribution is -2.42. The fourth-order valence-corrected chi connectivity index (χ4v) is 6.68. The van der Waals surface area contributed by atoms with Crippen molar-refractivity contribution < 1.29 is 27.3 Å². The fourth-order valence-electron chi connectivity index (χ4n) is 6.68. The molecule has 1 fully saturated rings. The first-order valence-corrected chi connectivity index (χ1v) is 16.5. The van der Waals surface area contributed by atoms with E-state index in [0.717, 1.165) is 29.8 Å². The fraction of sp³-hybridized carbons (Fsp3) is 0.333. The molecule has 0 radical (unpaired) electrons. The average Bonchev–Trinajstić information content (AvgIpc) is 3.88. The highest BCUT2D eigenvalue weighted by atomic mass is 19.4. The number of pyridine rings is 1. The minimum atomic E-state index is -4.58. The van der Waals surface area contributed by atoms with Gasteiger partial charge in [-0.25, -0.2) is 0 Å². The van der Waals surface area contributed by atoms with E-state index in [1.165, 1.54) is 11.6 Å². The molecule has 0 saturated carbocycles. The number of fused-ring (bicyclic) bond motifs is 1. The number of halogens is 3. The first-order valence-electron chi connectivity index (χ1n) is 16.5. The first kappa shape index (κ1) is 33.1. The Morgan fingerprint density at radius 1 is 1.04 bits per heavy atom. The summed E-state index contributed by atoms with van der Waals surface area (Å²) in [6.45, 7) is 6.55. The van der Waals surface area contributed by atoms with Crippen LogP contribution in [0.1, 0.15) is 36.8 Å². The molecular weight excluding hydrogens is 649 g/mol. The van der Waals surface area contributed by atoms with E-state index in [-0.39, 0.29) is 29.8 Å². The van der Waals surface area contributed by atoms with Crippen LogP contribution in [0.5, 0.6) is 0 Å². The lowest BCUT2D eigenvalue weighted by Gasteiger charge is -2.29. The number of aryl methyl sites for hydroxylation is 1. The van der Waals surface area contributed by atoms with Crippen molar-refractivity contribution in [3.05, 3.63) is 84.0 Å². The number of aromatic amines is 1. The van der Waals surface area contributed by atoms with Gasteiger partial charge in [-0.3, -0.25) is 24.6 Å². The molecule has 1 unspecified atom stereocenters. The van der Waals surface area contributed by atoms with Crippen LogP contribution in [0, 0.1) is 12.8 Å². The Morgan fingerprint density at radius 2 is 1.84 bits per heavy atom. The molecule has 1 atom stereocenters. The highest BCUT2D eigenvalue weighted by Gasteiger charge is 2.34. The molecule has 0 bridgehead atoms. The van der Waals surface area contributed by atoms with Crippen molar-refractivity contribution in [2.45, 2.75) is 32.9 Å². The minimum Gasteiger partial charge on any atom is -0.338 e. The minimum absolute atomic E-state index is 0.0330. The van der Waals surface area contributed by atoms with E-state index in [4.69, 9.17) is 4.52 Å². The Balaban J connectivity index is 0.968. The maximum absolute atomic E-state index is 13.8. The molecular formula is C36H35F3N8O3. The summed E-state index contributed by atoms with van der Waals surface area (Å²) >= 11 is 0. The maximum atomic E-state index is 13.8. The number of anilines is 1. The van der Waals surface area contributed by atoms with Crippen molar-refractivity contribution in [1.82, 2.24) is 35.1 Å². The lowest BCUT2D eigenvalue weighted by atomic mass is 9.98. The Hall–Kier alpha value is -5.37. The summed E-state index contributed by atoms with van der Waals surface area (Å²) in [7, 11) is 0. The Morgan fingerprint density at radius 3 is 2.54 bits per heavy atom. The second-order valence-corrected chi connectivity index (χ2v) is 12.6. The third kappa shape index (κ3) is 6.75. The summed E-state index contributed by atoms with van der Waals surface area (Å²) in [5.74, 6) is 0.757. The van der Waals surface area contributed by atoms with E-state index in [0.29, 0.717) is 73.1 Å². The van der Waals surface area contributed by atoms with Crippen LogP contribution in [0.3, 0.4) is 0 Å². The van der Waals surface area contributed by atoms with Gasteiger partial charge in [0.25, 0.3) is 5.89 Å². The Kier molecular flexibility index (Phi) is 8.95. The summed E-state index contributed by atoms with van der Waals surface area (Å²) in [5, 5.41) is 11.6. The van der Waals surface area contributed by atoms with Crippen LogP contribution in [0.4, 0.5) is 18.9 Å². The van der Waals surface area contributed by atoms with Gasteiger partial charge in [-0.15, -0.1) is 0 Å². The average molecular weight is 685 g/mol. The van der Waals surface area contributed by atoms with E-state index in [1.807, 2.05) is 41.0 Å². The molecule has 2 aliphatic heterocycles. The predicted molar refractivity (Wildman–Crippen MR) is 181 cm³/mol. The molecule has 5 aromatic rings. The van der Waals surface area contributed by atoms with Gasteiger partial charge in [0.15, 0.2) is 5.82 Å². The van der Waals surface area contributed by atoms with Crippen LogP contribution in [-0.2, 0) is 15.8 Å². The van der Waals surface area contributed by atoms with Crippen molar-refractivity contribution in [3.8, 4) is 22.7 Å². The molecule has 3 aromatic heterocycles. The third-order valence-electron chi connectivity index (χ3n) is 9.34. The number of carbonyl (C=O) groups excluding carboxylic acids is 2. The van der Waals surface area contributed by atoms with Gasteiger partial charge in [-0.1, -0.05) is 23.4 Å². The van der Waals surface area contributed by atoms with Crippen LogP contribution in [0.2, 0.25) is 0 Å². The summed E-state index contributed by atoms with van der Waals surface area (Å²) in [4.78, 5) is 40.4. The van der Waals surface area contributed by atoms with Crippen molar-refractivity contribution in [3.63, 3.8) is 0 Å². The van der Waals surface area contributed by atoms with E-state index >= 15 is 0 Å².